The number of hydrogen-bond donors (Lipinski definition) is 0. The molecule has 0 spiro atoms. The molecule has 0 saturated carbocycles. The first-order valence-electron chi connectivity index (χ1n) is 5.84. The molecule has 0 amide bonds. The molecule has 2 aromatic carbocycles. The summed E-state index contributed by atoms with van der Waals surface area (Å²) in [6.07, 6.45) is 0. The lowest BCUT2D eigenvalue weighted by Crippen LogP contribution is -1.76. The highest BCUT2D eigenvalue weighted by Gasteiger charge is 1.89. The van der Waals surface area contributed by atoms with Crippen LogP contribution >= 0.6 is 0 Å². The third kappa shape index (κ3) is 3.51. The Morgan fingerprint density at radius 1 is 0.500 bits per heavy atom. The molecule has 0 aliphatic heterocycles. The van der Waals surface area contributed by atoms with Crippen molar-refractivity contribution in [3.05, 3.63) is 70.8 Å². The molecule has 2 aromatic rings. The minimum absolute atomic E-state index is 0.610. The summed E-state index contributed by atoms with van der Waals surface area (Å²) in [7, 11) is 0. The second kappa shape index (κ2) is 6.47. The van der Waals surface area contributed by atoms with E-state index in [0.29, 0.717) is 11.1 Å². The van der Waals surface area contributed by atoms with Crippen molar-refractivity contribution in [2.75, 3.05) is 0 Å². The van der Waals surface area contributed by atoms with Crippen molar-refractivity contribution < 1.29 is 0 Å². The summed E-state index contributed by atoms with van der Waals surface area (Å²) in [6, 6.07) is 18.1. The van der Waals surface area contributed by atoms with E-state index >= 15 is 0 Å². The zero-order valence-electron chi connectivity index (χ0n) is 10.5. The Labute approximate surface area is 117 Å². The number of nitriles is 2. The summed E-state index contributed by atoms with van der Waals surface area (Å²) in [6.45, 7) is 0. The van der Waals surface area contributed by atoms with Crippen LogP contribution in [-0.4, -0.2) is 0 Å². The van der Waals surface area contributed by atoms with Gasteiger partial charge in [-0.05, 0) is 60.4 Å². The zero-order chi connectivity index (χ0) is 14.2. The maximum Gasteiger partial charge on any atom is 0.0991 e. The van der Waals surface area contributed by atoms with Crippen LogP contribution in [0.1, 0.15) is 22.3 Å². The molecule has 0 heterocycles. The van der Waals surface area contributed by atoms with Crippen LogP contribution in [0.3, 0.4) is 0 Å². The van der Waals surface area contributed by atoms with Gasteiger partial charge in [-0.3, -0.25) is 0 Å². The van der Waals surface area contributed by atoms with Gasteiger partial charge in [-0.25, -0.2) is 0 Å². The van der Waals surface area contributed by atoms with Gasteiger partial charge in [0.1, 0.15) is 0 Å². The standard InChI is InChI=1S/C18H8N2/c19-13-17-9-5-15(6-10-17)3-1-2-4-16-7-11-18(14-20)12-8-16/h5-12H. The van der Waals surface area contributed by atoms with Gasteiger partial charge in [0.15, 0.2) is 0 Å². The SMILES string of the molecule is N#Cc1ccc(C#CC#Cc2ccc(C#N)cc2)cc1. The van der Waals surface area contributed by atoms with Crippen molar-refractivity contribution in [1.29, 1.82) is 10.5 Å². The lowest BCUT2D eigenvalue weighted by atomic mass is 10.1. The fourth-order valence-corrected chi connectivity index (χ4v) is 1.46. The Bertz CT molecular complexity index is 733. The molecule has 0 fully saturated rings. The first kappa shape index (κ1) is 13.0. The van der Waals surface area contributed by atoms with E-state index < -0.39 is 0 Å². The van der Waals surface area contributed by atoms with E-state index in [-0.39, 0.29) is 0 Å². The van der Waals surface area contributed by atoms with E-state index in [2.05, 4.69) is 35.8 Å². The summed E-state index contributed by atoms with van der Waals surface area (Å²) in [5.74, 6) is 11.3. The van der Waals surface area contributed by atoms with Gasteiger partial charge in [-0.15, -0.1) is 0 Å². The third-order valence-corrected chi connectivity index (χ3v) is 2.50. The molecule has 0 bridgehead atoms. The minimum Gasteiger partial charge on any atom is -0.192 e. The van der Waals surface area contributed by atoms with E-state index in [1.54, 1.807) is 48.5 Å². The monoisotopic (exact) mass is 252 g/mol. The maximum atomic E-state index is 8.68. The van der Waals surface area contributed by atoms with E-state index in [9.17, 15) is 0 Å². The van der Waals surface area contributed by atoms with Crippen molar-refractivity contribution in [2.45, 2.75) is 0 Å². The predicted octanol–water partition coefficient (Wildman–Crippen LogP) is 2.83. The highest BCUT2D eigenvalue weighted by Crippen LogP contribution is 2.02. The Balaban J connectivity index is 2.09. The molecule has 0 saturated heterocycles. The molecule has 90 valence electrons. The van der Waals surface area contributed by atoms with Gasteiger partial charge in [0.25, 0.3) is 0 Å². The van der Waals surface area contributed by atoms with Crippen LogP contribution in [-0.2, 0) is 0 Å². The number of nitrogens with zero attached hydrogens (tertiary/aromatic N) is 2. The van der Waals surface area contributed by atoms with Gasteiger partial charge in [-0.2, -0.15) is 10.5 Å². The molecule has 20 heavy (non-hydrogen) atoms. The fraction of sp³-hybridized carbons (Fsp3) is 0. The average Bonchev–Trinajstić information content (AvgIpc) is 2.53. The highest BCUT2D eigenvalue weighted by molar-refractivity contribution is 5.46. The van der Waals surface area contributed by atoms with E-state index in [4.69, 9.17) is 10.5 Å². The predicted molar refractivity (Wildman–Crippen MR) is 76.1 cm³/mol. The average molecular weight is 252 g/mol. The van der Waals surface area contributed by atoms with Gasteiger partial charge < -0.3 is 0 Å². The second-order valence-electron chi connectivity index (χ2n) is 3.88. The lowest BCUT2D eigenvalue weighted by molar-refractivity contribution is 1.48. The molecular weight excluding hydrogens is 244 g/mol. The van der Waals surface area contributed by atoms with Gasteiger partial charge in [-0.1, -0.05) is 11.8 Å². The highest BCUT2D eigenvalue weighted by atomic mass is 14.2. The largest absolute Gasteiger partial charge is 0.192 e. The van der Waals surface area contributed by atoms with Gasteiger partial charge in [0.05, 0.1) is 23.3 Å². The molecule has 0 N–H and O–H groups in total. The zero-order valence-corrected chi connectivity index (χ0v) is 10.5. The van der Waals surface area contributed by atoms with E-state index in [1.165, 1.54) is 0 Å². The van der Waals surface area contributed by atoms with Crippen molar-refractivity contribution in [3.63, 3.8) is 0 Å². The van der Waals surface area contributed by atoms with Gasteiger partial charge in [0.2, 0.25) is 0 Å². The first-order chi connectivity index (χ1) is 9.81. The Morgan fingerprint density at radius 3 is 1.10 bits per heavy atom. The van der Waals surface area contributed by atoms with Crippen LogP contribution in [0.2, 0.25) is 0 Å². The van der Waals surface area contributed by atoms with Crippen LogP contribution in [0.5, 0.6) is 0 Å². The summed E-state index contributed by atoms with van der Waals surface area (Å²) >= 11 is 0. The molecule has 2 nitrogen and oxygen atoms in total. The van der Waals surface area contributed by atoms with Crippen molar-refractivity contribution in [3.8, 4) is 35.8 Å². The maximum absolute atomic E-state index is 8.68. The molecular formula is C18H8N2. The normalized spacial score (nSPS) is 8.10. The molecule has 2 heteroatoms. The second-order valence-corrected chi connectivity index (χ2v) is 3.88. The minimum atomic E-state index is 0.610. The topological polar surface area (TPSA) is 47.6 Å². The van der Waals surface area contributed by atoms with E-state index in [1.807, 2.05) is 0 Å². The summed E-state index contributed by atoms with van der Waals surface area (Å²) in [4.78, 5) is 0. The van der Waals surface area contributed by atoms with Crippen LogP contribution in [0.15, 0.2) is 48.5 Å². The number of rotatable bonds is 0. The molecule has 0 aliphatic carbocycles. The molecule has 0 aromatic heterocycles. The Morgan fingerprint density at radius 2 is 0.800 bits per heavy atom. The lowest BCUT2D eigenvalue weighted by Gasteiger charge is -1.89. The van der Waals surface area contributed by atoms with Gasteiger partial charge >= 0.3 is 0 Å². The molecule has 0 unspecified atom stereocenters. The van der Waals surface area contributed by atoms with Crippen molar-refractivity contribution in [1.82, 2.24) is 0 Å². The van der Waals surface area contributed by atoms with E-state index in [0.717, 1.165) is 11.1 Å². The van der Waals surface area contributed by atoms with Crippen molar-refractivity contribution >= 4 is 0 Å². The van der Waals surface area contributed by atoms with Crippen molar-refractivity contribution in [2.24, 2.45) is 0 Å². The quantitative estimate of drug-likeness (QED) is 0.677. The third-order valence-electron chi connectivity index (χ3n) is 2.50. The summed E-state index contributed by atoms with van der Waals surface area (Å²) in [5.41, 5.74) is 2.86. The Kier molecular flexibility index (Phi) is 4.20. The molecule has 0 atom stereocenters. The molecule has 2 rings (SSSR count). The summed E-state index contributed by atoms with van der Waals surface area (Å²) in [5, 5.41) is 17.4. The van der Waals surface area contributed by atoms with Crippen LogP contribution < -0.4 is 0 Å². The first-order valence-corrected chi connectivity index (χ1v) is 5.84. The summed E-state index contributed by atoms with van der Waals surface area (Å²) < 4.78 is 0. The fourth-order valence-electron chi connectivity index (χ4n) is 1.46. The molecule has 0 radical (unpaired) electrons. The van der Waals surface area contributed by atoms with Crippen LogP contribution in [0.4, 0.5) is 0 Å². The van der Waals surface area contributed by atoms with Crippen LogP contribution in [0.25, 0.3) is 0 Å². The number of benzene rings is 2. The van der Waals surface area contributed by atoms with Gasteiger partial charge in [0, 0.05) is 11.1 Å². The Hall–Kier alpha value is -3.46. The number of hydrogen-bond acceptors (Lipinski definition) is 2. The molecule has 0 aliphatic rings. The smallest absolute Gasteiger partial charge is 0.0991 e. The van der Waals surface area contributed by atoms with Crippen LogP contribution in [0, 0.1) is 46.3 Å².